The molecule has 0 aliphatic carbocycles. The first-order chi connectivity index (χ1) is 14.2. The van der Waals surface area contributed by atoms with Crippen molar-refractivity contribution < 1.29 is 27.9 Å². The summed E-state index contributed by atoms with van der Waals surface area (Å²) < 4.78 is 31.7. The first-order valence-electron chi connectivity index (χ1n) is 9.74. The van der Waals surface area contributed by atoms with E-state index in [2.05, 4.69) is 23.2 Å². The Morgan fingerprint density at radius 3 is 2.10 bits per heavy atom. The molecule has 3 rings (SSSR count). The minimum Gasteiger partial charge on any atom is -0.475 e. The van der Waals surface area contributed by atoms with E-state index >= 15 is 0 Å². The molecular formula is C22H25F3N2O3. The summed E-state index contributed by atoms with van der Waals surface area (Å²) in [7, 11) is 0. The van der Waals surface area contributed by atoms with Gasteiger partial charge in [0.15, 0.2) is 0 Å². The molecule has 2 aromatic carbocycles. The van der Waals surface area contributed by atoms with Crippen molar-refractivity contribution >= 4 is 23.3 Å². The van der Waals surface area contributed by atoms with Crippen LogP contribution in [0.15, 0.2) is 54.6 Å². The fraction of sp³-hybridized carbons (Fsp3) is 0.364. The predicted octanol–water partition coefficient (Wildman–Crippen LogP) is 5.05. The van der Waals surface area contributed by atoms with Gasteiger partial charge in [-0.15, -0.1) is 0 Å². The summed E-state index contributed by atoms with van der Waals surface area (Å²) in [6.45, 7) is 4.20. The normalized spacial score (nSPS) is 14.5. The molecule has 1 aliphatic rings. The zero-order chi connectivity index (χ0) is 22.1. The van der Waals surface area contributed by atoms with Crippen LogP contribution in [0.25, 0.3) is 0 Å². The minimum atomic E-state index is -5.08. The number of carbonyl (C=O) groups is 2. The highest BCUT2D eigenvalue weighted by Crippen LogP contribution is 2.30. The fourth-order valence-corrected chi connectivity index (χ4v) is 3.29. The Labute approximate surface area is 173 Å². The molecule has 162 valence electrons. The van der Waals surface area contributed by atoms with Gasteiger partial charge in [0.1, 0.15) is 0 Å². The Hall–Kier alpha value is -3.03. The molecule has 1 atom stereocenters. The number of benzene rings is 2. The number of amides is 1. The molecule has 30 heavy (non-hydrogen) atoms. The van der Waals surface area contributed by atoms with Gasteiger partial charge in [0.25, 0.3) is 0 Å². The Bertz CT molecular complexity index is 835. The molecule has 1 heterocycles. The van der Waals surface area contributed by atoms with Crippen LogP contribution in [0.1, 0.15) is 37.7 Å². The Morgan fingerprint density at radius 1 is 1.03 bits per heavy atom. The summed E-state index contributed by atoms with van der Waals surface area (Å²) in [5.74, 6) is -2.79. The average molecular weight is 422 g/mol. The number of carboxylic acids is 1. The van der Waals surface area contributed by atoms with Crippen molar-refractivity contribution in [1.82, 2.24) is 0 Å². The third kappa shape index (κ3) is 6.50. The average Bonchev–Trinajstić information content (AvgIpc) is 3.24. The van der Waals surface area contributed by atoms with Gasteiger partial charge < -0.3 is 15.3 Å². The lowest BCUT2D eigenvalue weighted by molar-refractivity contribution is -0.192. The number of hydrogen-bond acceptors (Lipinski definition) is 3. The predicted molar refractivity (Wildman–Crippen MR) is 110 cm³/mol. The minimum absolute atomic E-state index is 0.0744. The van der Waals surface area contributed by atoms with E-state index in [9.17, 15) is 18.0 Å². The third-order valence-corrected chi connectivity index (χ3v) is 4.78. The standard InChI is InChI=1S/C20H24N2O.C2HF3O2/c1-2-17(16-10-4-3-5-11-16)20(23)21-18-12-6-7-13-19(18)22-14-8-9-15-22;3-2(4,5)1(6)7/h3-7,10-13,17H,2,8-9,14-15H2,1H3,(H,21,23);(H,6,7)/t17-;/m0./s1. The highest BCUT2D eigenvalue weighted by Gasteiger charge is 2.38. The SMILES string of the molecule is CC[C@H](C(=O)Nc1ccccc1N1CCCC1)c1ccccc1.O=C(O)C(F)(F)F. The molecule has 0 bridgehead atoms. The molecule has 5 nitrogen and oxygen atoms in total. The topological polar surface area (TPSA) is 69.6 Å². The largest absolute Gasteiger partial charge is 0.490 e. The number of alkyl halides is 3. The van der Waals surface area contributed by atoms with Crippen molar-refractivity contribution in [3.05, 3.63) is 60.2 Å². The van der Waals surface area contributed by atoms with E-state index in [1.54, 1.807) is 0 Å². The van der Waals surface area contributed by atoms with Crippen LogP contribution < -0.4 is 10.2 Å². The molecule has 2 aromatic rings. The summed E-state index contributed by atoms with van der Waals surface area (Å²) in [6, 6.07) is 18.1. The van der Waals surface area contributed by atoms with Gasteiger partial charge in [0.05, 0.1) is 17.3 Å². The second-order valence-electron chi connectivity index (χ2n) is 6.87. The highest BCUT2D eigenvalue weighted by molar-refractivity contribution is 5.98. The lowest BCUT2D eigenvalue weighted by atomic mass is 9.95. The molecule has 0 aromatic heterocycles. The molecule has 0 spiro atoms. The van der Waals surface area contributed by atoms with Crippen LogP contribution in [0.5, 0.6) is 0 Å². The Morgan fingerprint density at radius 2 is 1.57 bits per heavy atom. The van der Waals surface area contributed by atoms with Gasteiger partial charge in [-0.05, 0) is 37.0 Å². The number of halogens is 3. The number of aliphatic carboxylic acids is 1. The maximum Gasteiger partial charge on any atom is 0.490 e. The maximum absolute atomic E-state index is 12.8. The molecule has 1 saturated heterocycles. The Balaban J connectivity index is 0.000000396. The molecule has 8 heteroatoms. The molecule has 1 amide bonds. The smallest absolute Gasteiger partial charge is 0.475 e. The number of nitrogens with zero attached hydrogens (tertiary/aromatic N) is 1. The first-order valence-corrected chi connectivity index (χ1v) is 9.74. The quantitative estimate of drug-likeness (QED) is 0.707. The number of rotatable bonds is 5. The van der Waals surface area contributed by atoms with Crippen molar-refractivity contribution in [3.63, 3.8) is 0 Å². The molecule has 1 fully saturated rings. The number of para-hydroxylation sites is 2. The van der Waals surface area contributed by atoms with Gasteiger partial charge in [-0.25, -0.2) is 4.79 Å². The Kier molecular flexibility index (Phi) is 8.26. The van der Waals surface area contributed by atoms with E-state index in [1.165, 1.54) is 12.8 Å². The molecular weight excluding hydrogens is 397 g/mol. The molecule has 0 unspecified atom stereocenters. The van der Waals surface area contributed by atoms with E-state index in [1.807, 2.05) is 48.5 Å². The summed E-state index contributed by atoms with van der Waals surface area (Å²) in [6.07, 6.45) is -1.84. The summed E-state index contributed by atoms with van der Waals surface area (Å²) >= 11 is 0. The summed E-state index contributed by atoms with van der Waals surface area (Å²) in [5, 5.41) is 10.3. The van der Waals surface area contributed by atoms with Gasteiger partial charge in [0.2, 0.25) is 5.91 Å². The van der Waals surface area contributed by atoms with Crippen LogP contribution in [-0.4, -0.2) is 36.2 Å². The van der Waals surface area contributed by atoms with Crippen molar-refractivity contribution in [3.8, 4) is 0 Å². The lowest BCUT2D eigenvalue weighted by Crippen LogP contribution is -2.24. The monoisotopic (exact) mass is 422 g/mol. The molecule has 2 N–H and O–H groups in total. The maximum atomic E-state index is 12.8. The van der Waals surface area contributed by atoms with Gasteiger partial charge >= 0.3 is 12.1 Å². The van der Waals surface area contributed by atoms with Crippen molar-refractivity contribution in [2.45, 2.75) is 38.3 Å². The van der Waals surface area contributed by atoms with Crippen LogP contribution in [0.3, 0.4) is 0 Å². The van der Waals surface area contributed by atoms with Crippen molar-refractivity contribution in [2.24, 2.45) is 0 Å². The van der Waals surface area contributed by atoms with Gasteiger partial charge in [-0.3, -0.25) is 4.79 Å². The van der Waals surface area contributed by atoms with E-state index < -0.39 is 12.1 Å². The molecule has 0 radical (unpaired) electrons. The number of nitrogens with one attached hydrogen (secondary N) is 1. The highest BCUT2D eigenvalue weighted by atomic mass is 19.4. The van der Waals surface area contributed by atoms with E-state index in [4.69, 9.17) is 9.90 Å². The van der Waals surface area contributed by atoms with E-state index in [-0.39, 0.29) is 11.8 Å². The van der Waals surface area contributed by atoms with Crippen LogP contribution in [0.2, 0.25) is 0 Å². The summed E-state index contributed by atoms with van der Waals surface area (Å²) in [4.78, 5) is 24.0. The second-order valence-corrected chi connectivity index (χ2v) is 6.87. The number of carbonyl (C=O) groups excluding carboxylic acids is 1. The van der Waals surface area contributed by atoms with Gasteiger partial charge in [-0.1, -0.05) is 49.4 Å². The number of carboxylic acid groups (broad SMARTS) is 1. The zero-order valence-corrected chi connectivity index (χ0v) is 16.7. The van der Waals surface area contributed by atoms with Crippen LogP contribution in [0.4, 0.5) is 24.5 Å². The molecule has 0 saturated carbocycles. The van der Waals surface area contributed by atoms with Crippen LogP contribution in [-0.2, 0) is 9.59 Å². The molecule has 1 aliphatic heterocycles. The van der Waals surface area contributed by atoms with Crippen LogP contribution in [0, 0.1) is 0 Å². The summed E-state index contributed by atoms with van der Waals surface area (Å²) in [5.41, 5.74) is 3.14. The van der Waals surface area contributed by atoms with E-state index in [0.29, 0.717) is 0 Å². The van der Waals surface area contributed by atoms with E-state index in [0.717, 1.165) is 36.4 Å². The van der Waals surface area contributed by atoms with Crippen LogP contribution >= 0.6 is 0 Å². The van der Waals surface area contributed by atoms with Crippen molar-refractivity contribution in [1.29, 1.82) is 0 Å². The fourth-order valence-electron chi connectivity index (χ4n) is 3.29. The lowest BCUT2D eigenvalue weighted by Gasteiger charge is -2.23. The van der Waals surface area contributed by atoms with Gasteiger partial charge in [0, 0.05) is 13.1 Å². The van der Waals surface area contributed by atoms with Gasteiger partial charge in [-0.2, -0.15) is 13.2 Å². The van der Waals surface area contributed by atoms with Crippen molar-refractivity contribution in [2.75, 3.05) is 23.3 Å². The zero-order valence-electron chi connectivity index (χ0n) is 16.7. The second kappa shape index (κ2) is 10.7. The third-order valence-electron chi connectivity index (χ3n) is 4.78. The first kappa shape index (κ1) is 23.3. The number of hydrogen-bond donors (Lipinski definition) is 2. The number of anilines is 2.